The van der Waals surface area contributed by atoms with Crippen LogP contribution in [0, 0.1) is 0 Å². The topological polar surface area (TPSA) is 131 Å². The Kier molecular flexibility index (Phi) is 16.1. The van der Waals surface area contributed by atoms with Crippen LogP contribution in [0.4, 0.5) is 0 Å². The molecule has 0 aliphatic rings. The van der Waals surface area contributed by atoms with Crippen molar-refractivity contribution in [3.63, 3.8) is 0 Å². The molecule has 1 unspecified atom stereocenters. The van der Waals surface area contributed by atoms with E-state index in [9.17, 15) is 18.0 Å². The molecule has 27 heavy (non-hydrogen) atoms. The van der Waals surface area contributed by atoms with Crippen LogP contribution >= 0.6 is 23.5 Å². The Balaban J connectivity index is 3.91. The quantitative estimate of drug-likeness (QED) is 0.159. The standard InChI is InChI=1S/C15H30N2O7S3/c1-23-14(18)3-5-16-7-9-25-11-13(12-27(20,21)22)26-10-8-17-6-4-15(19)24-2/h13,16-17H,3-12H2,1-2H3,(H,20,21,22). The van der Waals surface area contributed by atoms with Gasteiger partial charge in [0.05, 0.1) is 32.8 Å². The van der Waals surface area contributed by atoms with Crippen LogP contribution in [0.25, 0.3) is 0 Å². The first-order valence-corrected chi connectivity index (χ1v) is 12.3. The number of nitrogens with one attached hydrogen (secondary N) is 2. The molecule has 0 aromatic carbocycles. The molecule has 0 rings (SSSR count). The molecule has 160 valence electrons. The van der Waals surface area contributed by atoms with E-state index in [1.54, 1.807) is 11.8 Å². The number of thioether (sulfide) groups is 2. The van der Waals surface area contributed by atoms with Gasteiger partial charge in [0.1, 0.15) is 0 Å². The summed E-state index contributed by atoms with van der Waals surface area (Å²) in [7, 11) is -1.35. The number of carbonyl (C=O) groups excluding carboxylic acids is 2. The first kappa shape index (κ1) is 26.5. The predicted octanol–water partition coefficient (Wildman–Crippen LogP) is 0.0146. The summed E-state index contributed by atoms with van der Waals surface area (Å²) in [5, 5.41) is 5.97. The van der Waals surface area contributed by atoms with Crippen LogP contribution in [-0.2, 0) is 29.2 Å². The number of carbonyl (C=O) groups is 2. The smallest absolute Gasteiger partial charge is 0.306 e. The SMILES string of the molecule is COC(=O)CCNCCSCC(CS(=O)(=O)O)SCCNCCC(=O)OC. The number of hydrogen-bond acceptors (Lipinski definition) is 10. The van der Waals surface area contributed by atoms with E-state index in [1.807, 2.05) is 0 Å². The average Bonchev–Trinajstić information content (AvgIpc) is 2.61. The summed E-state index contributed by atoms with van der Waals surface area (Å²) in [5.74, 6) is 1.19. The van der Waals surface area contributed by atoms with Crippen LogP contribution in [0.1, 0.15) is 12.8 Å². The van der Waals surface area contributed by atoms with Gasteiger partial charge in [-0.1, -0.05) is 0 Å². The van der Waals surface area contributed by atoms with Gasteiger partial charge in [0.25, 0.3) is 10.1 Å². The lowest BCUT2D eigenvalue weighted by molar-refractivity contribution is -0.141. The highest BCUT2D eigenvalue weighted by molar-refractivity contribution is 8.04. The van der Waals surface area contributed by atoms with E-state index in [0.717, 1.165) is 5.75 Å². The van der Waals surface area contributed by atoms with E-state index >= 15 is 0 Å². The van der Waals surface area contributed by atoms with Gasteiger partial charge < -0.3 is 20.1 Å². The Hall–Kier alpha value is -0.530. The molecule has 0 spiro atoms. The number of rotatable bonds is 17. The fourth-order valence-corrected chi connectivity index (χ4v) is 5.61. The van der Waals surface area contributed by atoms with Gasteiger partial charge in [-0.15, -0.1) is 0 Å². The maximum atomic E-state index is 11.2. The summed E-state index contributed by atoms with van der Waals surface area (Å²) in [6.07, 6.45) is 0.597. The lowest BCUT2D eigenvalue weighted by Crippen LogP contribution is -2.25. The van der Waals surface area contributed by atoms with E-state index in [1.165, 1.54) is 26.0 Å². The average molecular weight is 447 g/mol. The van der Waals surface area contributed by atoms with Gasteiger partial charge in [-0.2, -0.15) is 31.9 Å². The minimum absolute atomic E-state index is 0.220. The zero-order valence-corrected chi connectivity index (χ0v) is 18.2. The summed E-state index contributed by atoms with van der Waals surface area (Å²) in [4.78, 5) is 21.9. The normalized spacial score (nSPS) is 12.6. The number of esters is 2. The van der Waals surface area contributed by atoms with Gasteiger partial charge >= 0.3 is 11.9 Å². The number of hydrogen-bond donors (Lipinski definition) is 3. The molecule has 0 saturated carbocycles. The Labute approximate surface area is 169 Å². The maximum absolute atomic E-state index is 11.2. The predicted molar refractivity (Wildman–Crippen MR) is 109 cm³/mol. The monoisotopic (exact) mass is 446 g/mol. The first-order valence-electron chi connectivity index (χ1n) is 8.48. The van der Waals surface area contributed by atoms with Crippen LogP contribution in [0.15, 0.2) is 0 Å². The second-order valence-corrected chi connectivity index (χ2v) is 9.52. The molecule has 0 fully saturated rings. The summed E-state index contributed by atoms with van der Waals surface area (Å²) in [6.45, 7) is 2.36. The van der Waals surface area contributed by atoms with E-state index < -0.39 is 10.1 Å². The second-order valence-electron chi connectivity index (χ2n) is 5.47. The van der Waals surface area contributed by atoms with Crippen molar-refractivity contribution in [3.05, 3.63) is 0 Å². The summed E-state index contributed by atoms with van der Waals surface area (Å²) < 4.78 is 40.5. The molecule has 1 atom stereocenters. The van der Waals surface area contributed by atoms with Gasteiger partial charge in [-0.05, 0) is 0 Å². The minimum Gasteiger partial charge on any atom is -0.469 e. The van der Waals surface area contributed by atoms with Crippen molar-refractivity contribution in [2.24, 2.45) is 0 Å². The number of methoxy groups -OCH3 is 2. The largest absolute Gasteiger partial charge is 0.469 e. The molecule has 0 aliphatic carbocycles. The highest BCUT2D eigenvalue weighted by Gasteiger charge is 2.17. The summed E-state index contributed by atoms with van der Waals surface area (Å²) in [6, 6.07) is 0. The molecule has 0 aromatic rings. The molecule has 0 bridgehead atoms. The van der Waals surface area contributed by atoms with Gasteiger partial charge in [-0.25, -0.2) is 0 Å². The lowest BCUT2D eigenvalue weighted by atomic mass is 10.4. The second kappa shape index (κ2) is 16.4. The van der Waals surface area contributed by atoms with Crippen molar-refractivity contribution in [1.82, 2.24) is 10.6 Å². The van der Waals surface area contributed by atoms with E-state index in [4.69, 9.17) is 4.55 Å². The molecular weight excluding hydrogens is 416 g/mol. The molecule has 0 saturated heterocycles. The van der Waals surface area contributed by atoms with Crippen LogP contribution in [0.2, 0.25) is 0 Å². The van der Waals surface area contributed by atoms with E-state index in [0.29, 0.717) is 44.1 Å². The van der Waals surface area contributed by atoms with Crippen molar-refractivity contribution in [2.75, 3.05) is 63.4 Å². The zero-order valence-electron chi connectivity index (χ0n) is 15.8. The summed E-state index contributed by atoms with van der Waals surface area (Å²) in [5.41, 5.74) is 0. The third-order valence-electron chi connectivity index (χ3n) is 3.22. The fraction of sp³-hybridized carbons (Fsp3) is 0.867. The Morgan fingerprint density at radius 1 is 0.963 bits per heavy atom. The van der Waals surface area contributed by atoms with Crippen LogP contribution < -0.4 is 10.6 Å². The van der Waals surface area contributed by atoms with Crippen LogP contribution in [-0.4, -0.2) is 93.6 Å². The van der Waals surface area contributed by atoms with Crippen molar-refractivity contribution >= 4 is 45.6 Å². The first-order chi connectivity index (χ1) is 12.8. The third kappa shape index (κ3) is 18.6. The Bertz CT molecular complexity index is 518. The van der Waals surface area contributed by atoms with Gasteiger partial charge in [0.15, 0.2) is 0 Å². The molecule has 0 aromatic heterocycles. The Morgan fingerprint density at radius 3 is 1.96 bits per heavy atom. The fourth-order valence-electron chi connectivity index (χ4n) is 1.87. The zero-order chi connectivity index (χ0) is 20.5. The number of ether oxygens (including phenoxy) is 2. The van der Waals surface area contributed by atoms with Crippen molar-refractivity contribution in [1.29, 1.82) is 0 Å². The lowest BCUT2D eigenvalue weighted by Gasteiger charge is -2.15. The molecule has 9 nitrogen and oxygen atoms in total. The molecule has 0 radical (unpaired) electrons. The minimum atomic E-state index is -4.03. The molecule has 0 amide bonds. The molecule has 3 N–H and O–H groups in total. The van der Waals surface area contributed by atoms with Gasteiger partial charge in [-0.3, -0.25) is 14.1 Å². The van der Waals surface area contributed by atoms with Gasteiger partial charge in [0.2, 0.25) is 0 Å². The third-order valence-corrected chi connectivity index (χ3v) is 6.84. The molecule has 0 heterocycles. The summed E-state index contributed by atoms with van der Waals surface area (Å²) >= 11 is 3.05. The molecular formula is C15H30N2O7S3. The van der Waals surface area contributed by atoms with Crippen molar-refractivity contribution in [2.45, 2.75) is 18.1 Å². The van der Waals surface area contributed by atoms with Crippen molar-refractivity contribution < 1.29 is 32.0 Å². The highest BCUT2D eigenvalue weighted by Crippen LogP contribution is 2.18. The van der Waals surface area contributed by atoms with Crippen LogP contribution in [0.5, 0.6) is 0 Å². The Morgan fingerprint density at radius 2 is 1.48 bits per heavy atom. The van der Waals surface area contributed by atoms with Crippen molar-refractivity contribution in [3.8, 4) is 0 Å². The maximum Gasteiger partial charge on any atom is 0.306 e. The van der Waals surface area contributed by atoms with E-state index in [-0.39, 0.29) is 29.4 Å². The highest BCUT2D eigenvalue weighted by atomic mass is 32.2. The molecule has 0 aliphatic heterocycles. The van der Waals surface area contributed by atoms with Gasteiger partial charge in [0, 0.05) is 48.7 Å². The van der Waals surface area contributed by atoms with E-state index in [2.05, 4.69) is 20.1 Å². The van der Waals surface area contributed by atoms with Crippen LogP contribution in [0.3, 0.4) is 0 Å². The molecule has 12 heteroatoms.